The molecular weight excluding hydrogens is 246 g/mol. The SMILES string of the molecule is COC(=O)COc1ccc[n+](CC(C)=O)c1.[Cl-]. The highest BCUT2D eigenvalue weighted by atomic mass is 35.5. The first-order valence-corrected chi connectivity index (χ1v) is 4.80. The Morgan fingerprint density at radius 2 is 2.12 bits per heavy atom. The van der Waals surface area contributed by atoms with Gasteiger partial charge in [0, 0.05) is 13.0 Å². The first kappa shape index (κ1) is 15.4. The zero-order valence-electron chi connectivity index (χ0n) is 9.68. The summed E-state index contributed by atoms with van der Waals surface area (Å²) in [5.41, 5.74) is 0. The molecule has 17 heavy (non-hydrogen) atoms. The molecule has 0 atom stereocenters. The smallest absolute Gasteiger partial charge is 0.343 e. The molecule has 1 heterocycles. The van der Waals surface area contributed by atoms with E-state index in [9.17, 15) is 9.59 Å². The molecule has 0 unspecified atom stereocenters. The van der Waals surface area contributed by atoms with Crippen LogP contribution in [0.4, 0.5) is 0 Å². The van der Waals surface area contributed by atoms with Crippen LogP contribution in [0.1, 0.15) is 6.92 Å². The van der Waals surface area contributed by atoms with Gasteiger partial charge in [0.05, 0.1) is 7.11 Å². The van der Waals surface area contributed by atoms with Gasteiger partial charge in [0.15, 0.2) is 24.3 Å². The largest absolute Gasteiger partial charge is 1.00 e. The number of esters is 1. The number of halogens is 1. The van der Waals surface area contributed by atoms with E-state index in [0.29, 0.717) is 5.75 Å². The average molecular weight is 260 g/mol. The predicted octanol–water partition coefficient (Wildman–Crippen LogP) is -2.88. The topological polar surface area (TPSA) is 56.5 Å². The van der Waals surface area contributed by atoms with Gasteiger partial charge in [-0.15, -0.1) is 0 Å². The van der Waals surface area contributed by atoms with Gasteiger partial charge in [-0.25, -0.2) is 4.79 Å². The molecule has 6 heteroatoms. The lowest BCUT2D eigenvalue weighted by Gasteiger charge is -2.02. The fourth-order valence-electron chi connectivity index (χ4n) is 1.14. The number of Topliss-reactive ketones (excluding diaryl/α,β-unsaturated/α-hetero) is 1. The highest BCUT2D eigenvalue weighted by Gasteiger charge is 2.07. The van der Waals surface area contributed by atoms with Crippen LogP contribution in [0.2, 0.25) is 0 Å². The highest BCUT2D eigenvalue weighted by molar-refractivity contribution is 5.73. The van der Waals surface area contributed by atoms with Crippen LogP contribution < -0.4 is 21.7 Å². The van der Waals surface area contributed by atoms with Crippen LogP contribution in [0.3, 0.4) is 0 Å². The van der Waals surface area contributed by atoms with E-state index < -0.39 is 5.97 Å². The van der Waals surface area contributed by atoms with Crippen molar-refractivity contribution >= 4 is 11.8 Å². The van der Waals surface area contributed by atoms with Gasteiger partial charge in [0.25, 0.3) is 0 Å². The van der Waals surface area contributed by atoms with Gasteiger partial charge in [-0.05, 0) is 6.07 Å². The second-order valence-electron chi connectivity index (χ2n) is 3.28. The number of hydrogen-bond donors (Lipinski definition) is 0. The molecular formula is C11H14ClNO4. The third-order valence-electron chi connectivity index (χ3n) is 1.82. The van der Waals surface area contributed by atoms with Crippen molar-refractivity contribution < 1.29 is 36.0 Å². The molecule has 0 aliphatic heterocycles. The summed E-state index contributed by atoms with van der Waals surface area (Å²) >= 11 is 0. The van der Waals surface area contributed by atoms with Crippen LogP contribution in [0.15, 0.2) is 24.5 Å². The fraction of sp³-hybridized carbons (Fsp3) is 0.364. The van der Waals surface area contributed by atoms with Gasteiger partial charge < -0.3 is 21.9 Å². The lowest BCUT2D eigenvalue weighted by Crippen LogP contribution is -3.00. The van der Waals surface area contributed by atoms with E-state index in [2.05, 4.69) is 4.74 Å². The summed E-state index contributed by atoms with van der Waals surface area (Å²) in [6.07, 6.45) is 3.41. The van der Waals surface area contributed by atoms with Gasteiger partial charge in [0.2, 0.25) is 12.7 Å². The fourth-order valence-corrected chi connectivity index (χ4v) is 1.14. The Bertz CT molecular complexity index is 395. The Morgan fingerprint density at radius 3 is 2.71 bits per heavy atom. The number of rotatable bonds is 5. The number of methoxy groups -OCH3 is 1. The van der Waals surface area contributed by atoms with E-state index in [4.69, 9.17) is 4.74 Å². The second kappa shape index (κ2) is 7.62. The Hall–Kier alpha value is -1.62. The van der Waals surface area contributed by atoms with Gasteiger partial charge >= 0.3 is 5.97 Å². The molecule has 0 radical (unpaired) electrons. The predicted molar refractivity (Wildman–Crippen MR) is 54.8 cm³/mol. The van der Waals surface area contributed by atoms with Gasteiger partial charge in [-0.1, -0.05) is 0 Å². The third kappa shape index (κ3) is 5.87. The highest BCUT2D eigenvalue weighted by Crippen LogP contribution is 2.05. The molecule has 0 saturated carbocycles. The van der Waals surface area contributed by atoms with E-state index in [-0.39, 0.29) is 31.3 Å². The van der Waals surface area contributed by atoms with Crippen molar-refractivity contribution in [1.29, 1.82) is 0 Å². The van der Waals surface area contributed by atoms with Crippen molar-refractivity contribution in [3.63, 3.8) is 0 Å². The molecule has 0 amide bonds. The molecule has 0 aliphatic carbocycles. The third-order valence-corrected chi connectivity index (χ3v) is 1.82. The number of aromatic nitrogens is 1. The first-order chi connectivity index (χ1) is 7.61. The van der Waals surface area contributed by atoms with Crippen LogP contribution in [0, 0.1) is 0 Å². The van der Waals surface area contributed by atoms with Crippen molar-refractivity contribution in [2.45, 2.75) is 13.5 Å². The number of carbonyl (C=O) groups is 2. The van der Waals surface area contributed by atoms with E-state index in [1.165, 1.54) is 14.0 Å². The molecule has 0 aliphatic rings. The van der Waals surface area contributed by atoms with Crippen LogP contribution in [-0.2, 0) is 20.9 Å². The maximum atomic E-state index is 10.9. The number of pyridine rings is 1. The Morgan fingerprint density at radius 1 is 1.41 bits per heavy atom. The van der Waals surface area contributed by atoms with Crippen molar-refractivity contribution in [2.75, 3.05) is 13.7 Å². The first-order valence-electron chi connectivity index (χ1n) is 4.80. The number of nitrogens with zero attached hydrogens (tertiary/aromatic N) is 1. The van der Waals surface area contributed by atoms with Crippen LogP contribution in [0.25, 0.3) is 0 Å². The molecule has 0 saturated heterocycles. The Kier molecular flexibility index (Phi) is 6.89. The van der Waals surface area contributed by atoms with Crippen LogP contribution in [-0.4, -0.2) is 25.5 Å². The van der Waals surface area contributed by atoms with Crippen molar-refractivity contribution in [1.82, 2.24) is 0 Å². The lowest BCUT2D eigenvalue weighted by molar-refractivity contribution is -0.684. The minimum Gasteiger partial charge on any atom is -1.00 e. The van der Waals surface area contributed by atoms with E-state index in [1.807, 2.05) is 0 Å². The van der Waals surface area contributed by atoms with Crippen molar-refractivity contribution in [2.24, 2.45) is 0 Å². The van der Waals surface area contributed by atoms with Crippen molar-refractivity contribution in [3.05, 3.63) is 24.5 Å². The number of ketones is 1. The molecule has 0 N–H and O–H groups in total. The molecule has 0 fully saturated rings. The summed E-state index contributed by atoms with van der Waals surface area (Å²) in [5.74, 6) is 0.131. The molecule has 94 valence electrons. The van der Waals surface area contributed by atoms with E-state index in [1.54, 1.807) is 29.1 Å². The minimum atomic E-state index is -0.443. The molecule has 1 aromatic heterocycles. The van der Waals surface area contributed by atoms with E-state index >= 15 is 0 Å². The summed E-state index contributed by atoms with van der Waals surface area (Å²) in [6, 6.07) is 3.45. The zero-order valence-corrected chi connectivity index (χ0v) is 10.4. The maximum Gasteiger partial charge on any atom is 0.343 e. The van der Waals surface area contributed by atoms with Gasteiger partial charge in [0.1, 0.15) is 0 Å². The lowest BCUT2D eigenvalue weighted by atomic mass is 10.4. The van der Waals surface area contributed by atoms with Crippen molar-refractivity contribution in [3.8, 4) is 5.75 Å². The monoisotopic (exact) mass is 259 g/mol. The van der Waals surface area contributed by atoms with Crippen LogP contribution >= 0.6 is 0 Å². The van der Waals surface area contributed by atoms with Gasteiger partial charge in [-0.2, -0.15) is 4.57 Å². The quantitative estimate of drug-likeness (QED) is 0.421. The molecule has 0 spiro atoms. The van der Waals surface area contributed by atoms with Gasteiger partial charge in [-0.3, -0.25) is 4.79 Å². The molecule has 0 bridgehead atoms. The molecule has 1 rings (SSSR count). The summed E-state index contributed by atoms with van der Waals surface area (Å²) < 4.78 is 11.3. The summed E-state index contributed by atoms with van der Waals surface area (Å²) in [7, 11) is 1.30. The Balaban J connectivity index is 0.00000256. The van der Waals surface area contributed by atoms with Crippen LogP contribution in [0.5, 0.6) is 5.75 Å². The molecule has 1 aromatic rings. The maximum absolute atomic E-state index is 10.9. The minimum absolute atomic E-state index is 0. The van der Waals surface area contributed by atoms with E-state index in [0.717, 1.165) is 0 Å². The second-order valence-corrected chi connectivity index (χ2v) is 3.28. The molecule has 5 nitrogen and oxygen atoms in total. The summed E-state index contributed by atoms with van der Waals surface area (Å²) in [5, 5.41) is 0. The normalized spacial score (nSPS) is 9.06. The standard InChI is InChI=1S/C11H14NO4.ClH/c1-9(13)6-12-5-3-4-10(7-12)16-8-11(14)15-2;/h3-5,7H,6,8H2,1-2H3;1H/q+1;/p-1. The Labute approximate surface area is 106 Å². The number of hydrogen-bond acceptors (Lipinski definition) is 4. The summed E-state index contributed by atoms with van der Waals surface area (Å²) in [6.45, 7) is 1.66. The summed E-state index contributed by atoms with van der Waals surface area (Å²) in [4.78, 5) is 21.7. The number of ether oxygens (including phenoxy) is 2. The average Bonchev–Trinajstić information content (AvgIpc) is 2.25. The molecule has 0 aromatic carbocycles. The zero-order chi connectivity index (χ0) is 12.0. The number of carbonyl (C=O) groups excluding carboxylic acids is 2.